The van der Waals surface area contributed by atoms with E-state index in [1.165, 1.54) is 0 Å². The maximum absolute atomic E-state index is 12.6. The zero-order chi connectivity index (χ0) is 17.1. The molecular formula is C18H24N4OS. The van der Waals surface area contributed by atoms with E-state index in [0.29, 0.717) is 5.92 Å². The van der Waals surface area contributed by atoms with Crippen LogP contribution >= 0.6 is 11.3 Å². The van der Waals surface area contributed by atoms with Crippen molar-refractivity contribution >= 4 is 23.1 Å². The average molecular weight is 344 g/mol. The number of aryl methyl sites for hydroxylation is 1. The lowest BCUT2D eigenvalue weighted by atomic mass is 9.93. The molecule has 0 unspecified atom stereocenters. The van der Waals surface area contributed by atoms with E-state index in [1.54, 1.807) is 11.3 Å². The average Bonchev–Trinajstić information content (AvgIpc) is 3.01. The monoisotopic (exact) mass is 344 g/mol. The third-order valence-corrected chi connectivity index (χ3v) is 5.45. The third kappa shape index (κ3) is 3.93. The third-order valence-electron chi connectivity index (χ3n) is 4.41. The van der Waals surface area contributed by atoms with Gasteiger partial charge in [-0.1, -0.05) is 0 Å². The molecule has 0 saturated carbocycles. The predicted octanol–water partition coefficient (Wildman–Crippen LogP) is 3.01. The van der Waals surface area contributed by atoms with Gasteiger partial charge in [0.05, 0.1) is 10.6 Å². The highest BCUT2D eigenvalue weighted by Gasteiger charge is 2.25. The van der Waals surface area contributed by atoms with Gasteiger partial charge in [-0.15, -0.1) is 16.4 Å². The Kier molecular flexibility index (Phi) is 5.14. The van der Waals surface area contributed by atoms with Gasteiger partial charge in [-0.25, -0.2) is 0 Å². The van der Waals surface area contributed by atoms with Gasteiger partial charge in [0.25, 0.3) is 5.91 Å². The van der Waals surface area contributed by atoms with Gasteiger partial charge in [-0.2, -0.15) is 5.10 Å². The molecule has 0 N–H and O–H groups in total. The Morgan fingerprint density at radius 1 is 1.38 bits per heavy atom. The number of thiophene rings is 1. The van der Waals surface area contributed by atoms with Crippen molar-refractivity contribution in [3.8, 4) is 0 Å². The van der Waals surface area contributed by atoms with Gasteiger partial charge in [0.15, 0.2) is 5.82 Å². The second-order valence-electron chi connectivity index (χ2n) is 6.73. The second kappa shape index (κ2) is 7.30. The molecule has 5 nitrogen and oxygen atoms in total. The van der Waals surface area contributed by atoms with Crippen LogP contribution in [0.15, 0.2) is 23.6 Å². The first kappa shape index (κ1) is 16.9. The summed E-state index contributed by atoms with van der Waals surface area (Å²) in [6.07, 6.45) is 3.09. The molecule has 3 rings (SSSR count). The van der Waals surface area contributed by atoms with Crippen LogP contribution in [0.1, 0.15) is 33.8 Å². The molecule has 0 aromatic carbocycles. The normalized spacial score (nSPS) is 17.8. The van der Waals surface area contributed by atoms with Gasteiger partial charge in [0.1, 0.15) is 0 Å². The van der Waals surface area contributed by atoms with E-state index in [-0.39, 0.29) is 5.91 Å². The number of anilines is 1. The number of hydrogen-bond acceptors (Lipinski definition) is 5. The van der Waals surface area contributed by atoms with Gasteiger partial charge in [0, 0.05) is 27.2 Å². The molecule has 1 aliphatic heterocycles. The molecule has 1 atom stereocenters. The fraction of sp³-hybridized carbons (Fsp3) is 0.500. The van der Waals surface area contributed by atoms with Crippen molar-refractivity contribution in [3.63, 3.8) is 0 Å². The topological polar surface area (TPSA) is 49.3 Å². The van der Waals surface area contributed by atoms with Gasteiger partial charge in [-0.05, 0) is 61.2 Å². The van der Waals surface area contributed by atoms with Crippen LogP contribution in [0.5, 0.6) is 0 Å². The van der Waals surface area contributed by atoms with Crippen LogP contribution in [-0.2, 0) is 6.42 Å². The Balaban J connectivity index is 1.62. The Labute approximate surface area is 147 Å². The van der Waals surface area contributed by atoms with E-state index in [2.05, 4.69) is 10.2 Å². The van der Waals surface area contributed by atoms with Crippen molar-refractivity contribution < 1.29 is 4.79 Å². The summed E-state index contributed by atoms with van der Waals surface area (Å²) in [5, 5.41) is 10.6. The van der Waals surface area contributed by atoms with E-state index in [4.69, 9.17) is 0 Å². The first-order chi connectivity index (χ1) is 11.5. The van der Waals surface area contributed by atoms with Crippen molar-refractivity contribution in [2.24, 2.45) is 5.92 Å². The molecule has 2 aromatic heterocycles. The van der Waals surface area contributed by atoms with Gasteiger partial charge >= 0.3 is 0 Å². The van der Waals surface area contributed by atoms with Crippen LogP contribution in [0, 0.1) is 12.8 Å². The van der Waals surface area contributed by atoms with Crippen molar-refractivity contribution in [2.45, 2.75) is 26.2 Å². The Morgan fingerprint density at radius 3 is 2.83 bits per heavy atom. The summed E-state index contributed by atoms with van der Waals surface area (Å²) in [6.45, 7) is 3.70. The molecule has 0 spiro atoms. The Morgan fingerprint density at radius 2 is 2.21 bits per heavy atom. The fourth-order valence-corrected chi connectivity index (χ4v) is 3.98. The Hall–Kier alpha value is -1.95. The van der Waals surface area contributed by atoms with E-state index in [9.17, 15) is 4.79 Å². The van der Waals surface area contributed by atoms with Gasteiger partial charge in [-0.3, -0.25) is 4.79 Å². The molecular weight excluding hydrogens is 320 g/mol. The second-order valence-corrected chi connectivity index (χ2v) is 7.64. The summed E-state index contributed by atoms with van der Waals surface area (Å²) < 4.78 is 0. The summed E-state index contributed by atoms with van der Waals surface area (Å²) in [5.41, 5.74) is 2.17. The van der Waals surface area contributed by atoms with Crippen LogP contribution < -0.4 is 4.90 Å². The van der Waals surface area contributed by atoms with Crippen molar-refractivity contribution in [3.05, 3.63) is 39.7 Å². The molecule has 2 aromatic rings. The van der Waals surface area contributed by atoms with Crippen LogP contribution in [0.4, 0.5) is 5.82 Å². The molecule has 0 aliphatic carbocycles. The van der Waals surface area contributed by atoms with Crippen LogP contribution in [0.25, 0.3) is 0 Å². The maximum atomic E-state index is 12.6. The predicted molar refractivity (Wildman–Crippen MR) is 97.7 cm³/mol. The first-order valence-corrected chi connectivity index (χ1v) is 9.25. The molecule has 0 radical (unpaired) electrons. The number of nitrogens with zero attached hydrogens (tertiary/aromatic N) is 4. The largest absolute Gasteiger partial charge is 0.361 e. The van der Waals surface area contributed by atoms with Crippen LogP contribution in [0.2, 0.25) is 0 Å². The SMILES string of the molecule is Cc1csc(C(=O)N2CCC[C@@H](Cc3ccc(N(C)C)nn3)C2)c1. The van der Waals surface area contributed by atoms with Crippen LogP contribution in [0.3, 0.4) is 0 Å². The van der Waals surface area contributed by atoms with Crippen molar-refractivity contribution in [2.75, 3.05) is 32.1 Å². The summed E-state index contributed by atoms with van der Waals surface area (Å²) in [5.74, 6) is 1.50. The molecule has 24 heavy (non-hydrogen) atoms. The number of likely N-dealkylation sites (tertiary alicyclic amines) is 1. The van der Waals surface area contributed by atoms with E-state index in [0.717, 1.165) is 54.3 Å². The lowest BCUT2D eigenvalue weighted by molar-refractivity contribution is 0.0677. The highest BCUT2D eigenvalue weighted by molar-refractivity contribution is 7.12. The smallest absolute Gasteiger partial charge is 0.263 e. The molecule has 3 heterocycles. The minimum absolute atomic E-state index is 0.173. The number of hydrogen-bond donors (Lipinski definition) is 0. The van der Waals surface area contributed by atoms with Gasteiger partial charge in [0.2, 0.25) is 0 Å². The zero-order valence-corrected chi connectivity index (χ0v) is 15.3. The zero-order valence-electron chi connectivity index (χ0n) is 14.5. The number of aromatic nitrogens is 2. The van der Waals surface area contributed by atoms with Crippen molar-refractivity contribution in [1.82, 2.24) is 15.1 Å². The number of carbonyl (C=O) groups excluding carboxylic acids is 1. The molecule has 0 bridgehead atoms. The quantitative estimate of drug-likeness (QED) is 0.855. The minimum atomic E-state index is 0.173. The van der Waals surface area contributed by atoms with Crippen molar-refractivity contribution in [1.29, 1.82) is 0 Å². The highest BCUT2D eigenvalue weighted by atomic mass is 32.1. The summed E-state index contributed by atoms with van der Waals surface area (Å²) in [6, 6.07) is 6.04. The summed E-state index contributed by atoms with van der Waals surface area (Å²) in [4.78, 5) is 17.4. The molecule has 6 heteroatoms. The standard InChI is InChI=1S/C18H24N4OS/c1-13-9-16(24-12-13)18(23)22-8-4-5-14(11-22)10-15-6-7-17(20-19-15)21(2)3/h6-7,9,12,14H,4-5,8,10-11H2,1-3H3/t14-/m0/s1. The molecule has 128 valence electrons. The van der Waals surface area contributed by atoms with Crippen LogP contribution in [-0.4, -0.2) is 48.2 Å². The van der Waals surface area contributed by atoms with E-state index < -0.39 is 0 Å². The van der Waals surface area contributed by atoms with E-state index in [1.807, 2.05) is 54.4 Å². The number of amides is 1. The van der Waals surface area contributed by atoms with Gasteiger partial charge < -0.3 is 9.80 Å². The summed E-state index contributed by atoms with van der Waals surface area (Å²) >= 11 is 1.54. The number of carbonyl (C=O) groups is 1. The molecule has 1 saturated heterocycles. The lowest BCUT2D eigenvalue weighted by Gasteiger charge is -2.32. The minimum Gasteiger partial charge on any atom is -0.361 e. The molecule has 1 fully saturated rings. The number of rotatable bonds is 4. The maximum Gasteiger partial charge on any atom is 0.263 e. The van der Waals surface area contributed by atoms with E-state index >= 15 is 0 Å². The summed E-state index contributed by atoms with van der Waals surface area (Å²) in [7, 11) is 3.92. The highest BCUT2D eigenvalue weighted by Crippen LogP contribution is 2.24. The first-order valence-electron chi connectivity index (χ1n) is 8.37. The lowest BCUT2D eigenvalue weighted by Crippen LogP contribution is -2.40. The molecule has 1 amide bonds. The Bertz CT molecular complexity index is 695. The number of piperidine rings is 1. The fourth-order valence-electron chi connectivity index (χ4n) is 3.11. The molecule has 1 aliphatic rings.